The Morgan fingerprint density at radius 2 is 1.70 bits per heavy atom. The zero-order valence-corrected chi connectivity index (χ0v) is 13.4. The molecule has 0 spiro atoms. The molecule has 1 heterocycles. The fourth-order valence-corrected chi connectivity index (χ4v) is 2.68. The van der Waals surface area contributed by atoms with E-state index in [1.54, 1.807) is 7.11 Å². The predicted octanol–water partition coefficient (Wildman–Crippen LogP) is 3.01. The van der Waals surface area contributed by atoms with Crippen LogP contribution in [0, 0.1) is 13.8 Å². The van der Waals surface area contributed by atoms with Gasteiger partial charge in [0.2, 0.25) is 0 Å². The molecule has 0 atom stereocenters. The number of hydrogen-bond donors (Lipinski definition) is 1. The van der Waals surface area contributed by atoms with Crippen molar-refractivity contribution in [2.24, 2.45) is 0 Å². The van der Waals surface area contributed by atoms with Crippen LogP contribution in [-0.2, 0) is 16.9 Å². The average molecular weight is 277 g/mol. The van der Waals surface area contributed by atoms with Crippen molar-refractivity contribution in [2.75, 3.05) is 7.11 Å². The molecule has 0 saturated heterocycles. The SMILES string of the molecule is CCC(CC)(OC)c1nc(C)c(CNC2CC2)c(C)n1. The van der Waals surface area contributed by atoms with Crippen LogP contribution in [0.1, 0.15) is 62.3 Å². The zero-order valence-electron chi connectivity index (χ0n) is 13.4. The second kappa shape index (κ2) is 6.19. The summed E-state index contributed by atoms with van der Waals surface area (Å²) in [5.41, 5.74) is 3.03. The van der Waals surface area contributed by atoms with Crippen LogP contribution in [0.5, 0.6) is 0 Å². The first-order chi connectivity index (χ1) is 9.56. The first-order valence-corrected chi connectivity index (χ1v) is 7.69. The third-order valence-corrected chi connectivity index (χ3v) is 4.51. The second-order valence-corrected chi connectivity index (χ2v) is 5.76. The Bertz CT molecular complexity index is 434. The van der Waals surface area contributed by atoms with Crippen molar-refractivity contribution in [1.82, 2.24) is 15.3 Å². The number of hydrogen-bond acceptors (Lipinski definition) is 4. The van der Waals surface area contributed by atoms with E-state index in [0.29, 0.717) is 6.04 Å². The maximum absolute atomic E-state index is 5.74. The van der Waals surface area contributed by atoms with Gasteiger partial charge in [-0.1, -0.05) is 13.8 Å². The minimum absolute atomic E-state index is 0.349. The summed E-state index contributed by atoms with van der Waals surface area (Å²) in [7, 11) is 1.75. The van der Waals surface area contributed by atoms with Gasteiger partial charge in [-0.15, -0.1) is 0 Å². The van der Waals surface area contributed by atoms with E-state index in [4.69, 9.17) is 14.7 Å². The van der Waals surface area contributed by atoms with Crippen LogP contribution in [0.4, 0.5) is 0 Å². The lowest BCUT2D eigenvalue weighted by molar-refractivity contribution is -0.0294. The summed E-state index contributed by atoms with van der Waals surface area (Å²) in [6.45, 7) is 9.29. The van der Waals surface area contributed by atoms with Crippen molar-refractivity contribution in [3.8, 4) is 0 Å². The third kappa shape index (κ3) is 3.01. The van der Waals surface area contributed by atoms with Gasteiger partial charge in [-0.3, -0.25) is 0 Å². The molecular weight excluding hydrogens is 250 g/mol. The Morgan fingerprint density at radius 1 is 1.15 bits per heavy atom. The van der Waals surface area contributed by atoms with E-state index in [1.807, 2.05) is 0 Å². The van der Waals surface area contributed by atoms with Gasteiger partial charge in [0, 0.05) is 36.6 Å². The van der Waals surface area contributed by atoms with E-state index in [-0.39, 0.29) is 5.60 Å². The van der Waals surface area contributed by atoms with Crippen LogP contribution in [0.25, 0.3) is 0 Å². The minimum atomic E-state index is -0.349. The van der Waals surface area contributed by atoms with Crippen molar-refractivity contribution < 1.29 is 4.74 Å². The molecule has 1 aromatic heterocycles. The van der Waals surface area contributed by atoms with Crippen LogP contribution in [-0.4, -0.2) is 23.1 Å². The summed E-state index contributed by atoms with van der Waals surface area (Å²) in [4.78, 5) is 9.48. The molecule has 0 aliphatic heterocycles. The van der Waals surface area contributed by atoms with Gasteiger partial charge in [0.05, 0.1) is 0 Å². The first kappa shape index (κ1) is 15.4. The lowest BCUT2D eigenvalue weighted by Crippen LogP contribution is -2.31. The van der Waals surface area contributed by atoms with Crippen LogP contribution < -0.4 is 5.32 Å². The molecule has 0 unspecified atom stereocenters. The van der Waals surface area contributed by atoms with Gasteiger partial charge in [0.25, 0.3) is 0 Å². The van der Waals surface area contributed by atoms with Crippen molar-refractivity contribution in [3.05, 3.63) is 22.8 Å². The summed E-state index contributed by atoms with van der Waals surface area (Å²) < 4.78 is 5.74. The highest BCUT2D eigenvalue weighted by atomic mass is 16.5. The molecule has 1 fully saturated rings. The summed E-state index contributed by atoms with van der Waals surface area (Å²) in [5.74, 6) is 0.829. The maximum atomic E-state index is 5.74. The fourth-order valence-electron chi connectivity index (χ4n) is 2.68. The Labute approximate surface area is 122 Å². The zero-order chi connectivity index (χ0) is 14.8. The monoisotopic (exact) mass is 277 g/mol. The molecular formula is C16H27N3O. The number of aromatic nitrogens is 2. The molecule has 1 aromatic rings. The van der Waals surface area contributed by atoms with Crippen LogP contribution in [0.2, 0.25) is 0 Å². The molecule has 4 nitrogen and oxygen atoms in total. The van der Waals surface area contributed by atoms with E-state index >= 15 is 0 Å². The topological polar surface area (TPSA) is 47.0 Å². The van der Waals surface area contributed by atoms with E-state index in [0.717, 1.165) is 36.6 Å². The summed E-state index contributed by atoms with van der Waals surface area (Å²) >= 11 is 0. The number of ether oxygens (including phenoxy) is 1. The molecule has 20 heavy (non-hydrogen) atoms. The number of nitrogens with zero attached hydrogens (tertiary/aromatic N) is 2. The number of methoxy groups -OCH3 is 1. The smallest absolute Gasteiger partial charge is 0.160 e. The van der Waals surface area contributed by atoms with E-state index in [9.17, 15) is 0 Å². The lowest BCUT2D eigenvalue weighted by Gasteiger charge is -2.29. The van der Waals surface area contributed by atoms with Gasteiger partial charge in [0.1, 0.15) is 5.60 Å². The molecule has 112 valence electrons. The summed E-state index contributed by atoms with van der Waals surface area (Å²) in [5, 5.41) is 3.54. The van der Waals surface area contributed by atoms with Gasteiger partial charge in [0.15, 0.2) is 5.82 Å². The highest BCUT2D eigenvalue weighted by molar-refractivity contribution is 5.26. The molecule has 4 heteroatoms. The number of rotatable bonds is 7. The van der Waals surface area contributed by atoms with Crippen LogP contribution >= 0.6 is 0 Å². The Morgan fingerprint density at radius 3 is 2.10 bits per heavy atom. The van der Waals surface area contributed by atoms with Crippen molar-refractivity contribution in [2.45, 2.75) is 71.6 Å². The van der Waals surface area contributed by atoms with Gasteiger partial charge >= 0.3 is 0 Å². The van der Waals surface area contributed by atoms with Gasteiger partial charge in [-0.2, -0.15) is 0 Å². The van der Waals surface area contributed by atoms with Crippen LogP contribution in [0.3, 0.4) is 0 Å². The largest absolute Gasteiger partial charge is 0.370 e. The van der Waals surface area contributed by atoms with Gasteiger partial charge in [-0.25, -0.2) is 9.97 Å². The Hall–Kier alpha value is -1.00. The minimum Gasteiger partial charge on any atom is -0.370 e. The molecule has 0 aromatic carbocycles. The molecule has 1 saturated carbocycles. The Balaban J connectivity index is 2.27. The van der Waals surface area contributed by atoms with E-state index in [2.05, 4.69) is 33.0 Å². The maximum Gasteiger partial charge on any atom is 0.160 e. The molecule has 0 amide bonds. The first-order valence-electron chi connectivity index (χ1n) is 7.69. The fraction of sp³-hybridized carbons (Fsp3) is 0.750. The molecule has 0 bridgehead atoms. The summed E-state index contributed by atoms with van der Waals surface area (Å²) in [6.07, 6.45) is 4.38. The highest BCUT2D eigenvalue weighted by Gasteiger charge is 2.32. The normalized spacial score (nSPS) is 15.7. The number of nitrogens with one attached hydrogen (secondary N) is 1. The predicted molar refractivity (Wildman–Crippen MR) is 80.6 cm³/mol. The van der Waals surface area contributed by atoms with Crippen molar-refractivity contribution >= 4 is 0 Å². The standard InChI is InChI=1S/C16H27N3O/c1-6-16(7-2,20-5)15-18-11(3)14(12(4)19-15)10-17-13-8-9-13/h13,17H,6-10H2,1-5H3. The Kier molecular flexibility index (Phi) is 4.76. The van der Waals surface area contributed by atoms with E-state index < -0.39 is 0 Å². The highest BCUT2D eigenvalue weighted by Crippen LogP contribution is 2.31. The van der Waals surface area contributed by atoms with Crippen molar-refractivity contribution in [3.63, 3.8) is 0 Å². The molecule has 1 N–H and O–H groups in total. The third-order valence-electron chi connectivity index (χ3n) is 4.51. The van der Waals surface area contributed by atoms with Crippen molar-refractivity contribution in [1.29, 1.82) is 0 Å². The second-order valence-electron chi connectivity index (χ2n) is 5.76. The summed E-state index contributed by atoms with van der Waals surface area (Å²) in [6, 6.07) is 0.706. The molecule has 1 aliphatic rings. The van der Waals surface area contributed by atoms with Crippen LogP contribution in [0.15, 0.2) is 0 Å². The molecule has 0 radical (unpaired) electrons. The van der Waals surface area contributed by atoms with E-state index in [1.165, 1.54) is 18.4 Å². The molecule has 2 rings (SSSR count). The average Bonchev–Trinajstić information content (AvgIpc) is 3.25. The van der Waals surface area contributed by atoms with Gasteiger partial charge in [-0.05, 0) is 39.5 Å². The number of aryl methyl sites for hydroxylation is 2. The quantitative estimate of drug-likeness (QED) is 0.832. The van der Waals surface area contributed by atoms with Gasteiger partial charge < -0.3 is 10.1 Å². The molecule has 1 aliphatic carbocycles. The lowest BCUT2D eigenvalue weighted by atomic mass is 9.95.